The average Bonchev–Trinajstić information content (AvgIpc) is 2.28. The molecule has 16 heavy (non-hydrogen) atoms. The van der Waals surface area contributed by atoms with E-state index in [9.17, 15) is 4.79 Å². The Morgan fingerprint density at radius 2 is 2.38 bits per heavy atom. The molecule has 0 heterocycles. The van der Waals surface area contributed by atoms with Crippen molar-refractivity contribution in [1.29, 1.82) is 5.26 Å². The number of nitriles is 1. The molecule has 0 amide bonds. The summed E-state index contributed by atoms with van der Waals surface area (Å²) >= 11 is 0. The Morgan fingerprint density at radius 1 is 1.62 bits per heavy atom. The second kappa shape index (κ2) is 5.58. The van der Waals surface area contributed by atoms with E-state index in [4.69, 9.17) is 15.1 Å². The maximum Gasteiger partial charge on any atom is 0.332 e. The first-order chi connectivity index (χ1) is 7.67. The molecule has 0 fully saturated rings. The van der Waals surface area contributed by atoms with Crippen molar-refractivity contribution in [3.63, 3.8) is 0 Å². The molecule has 0 spiro atoms. The summed E-state index contributed by atoms with van der Waals surface area (Å²) < 4.78 is 4.96. The Balaban J connectivity index is 2.76. The topological polar surface area (TPSA) is 91.6 Å². The molecule has 1 rings (SSSR count). The van der Waals surface area contributed by atoms with E-state index in [1.807, 2.05) is 6.07 Å². The van der Waals surface area contributed by atoms with Crippen molar-refractivity contribution in [3.8, 4) is 11.8 Å². The van der Waals surface area contributed by atoms with E-state index in [0.29, 0.717) is 17.0 Å². The SMILES string of the molecule is COc1ccc(C#N)c(NOCC(=O)O)c1. The molecule has 84 valence electrons. The van der Waals surface area contributed by atoms with Gasteiger partial charge in [-0.1, -0.05) is 0 Å². The first-order valence-electron chi connectivity index (χ1n) is 4.35. The number of hydrogen-bond donors (Lipinski definition) is 2. The fraction of sp³-hybridized carbons (Fsp3) is 0.200. The lowest BCUT2D eigenvalue weighted by Gasteiger charge is -2.08. The molecule has 0 saturated heterocycles. The fourth-order valence-corrected chi connectivity index (χ4v) is 1.01. The number of nitrogens with one attached hydrogen (secondary N) is 1. The highest BCUT2D eigenvalue weighted by molar-refractivity contribution is 5.68. The molecule has 0 aliphatic heterocycles. The van der Waals surface area contributed by atoms with Crippen molar-refractivity contribution in [3.05, 3.63) is 23.8 Å². The summed E-state index contributed by atoms with van der Waals surface area (Å²) in [4.78, 5) is 14.9. The van der Waals surface area contributed by atoms with Gasteiger partial charge in [-0.25, -0.2) is 4.79 Å². The molecule has 6 heteroatoms. The number of carbonyl (C=O) groups is 1. The van der Waals surface area contributed by atoms with Crippen LogP contribution in [0.2, 0.25) is 0 Å². The molecule has 0 aromatic heterocycles. The maximum absolute atomic E-state index is 10.2. The molecule has 0 unspecified atom stereocenters. The highest BCUT2D eigenvalue weighted by atomic mass is 16.7. The second-order valence-electron chi connectivity index (χ2n) is 2.81. The summed E-state index contributed by atoms with van der Waals surface area (Å²) in [7, 11) is 1.49. The molecule has 0 bridgehead atoms. The number of carboxylic acid groups (broad SMARTS) is 1. The van der Waals surface area contributed by atoms with Crippen LogP contribution in [0.5, 0.6) is 5.75 Å². The minimum absolute atomic E-state index is 0.339. The van der Waals surface area contributed by atoms with E-state index in [0.717, 1.165) is 0 Å². The average molecular weight is 222 g/mol. The number of hydrogen-bond acceptors (Lipinski definition) is 5. The van der Waals surface area contributed by atoms with Gasteiger partial charge in [0.05, 0.1) is 18.4 Å². The number of rotatable bonds is 5. The van der Waals surface area contributed by atoms with Crippen LogP contribution in [0.15, 0.2) is 18.2 Å². The molecular formula is C10H10N2O4. The maximum atomic E-state index is 10.2. The molecule has 2 N–H and O–H groups in total. The number of benzene rings is 1. The van der Waals surface area contributed by atoms with Crippen LogP contribution >= 0.6 is 0 Å². The van der Waals surface area contributed by atoms with Gasteiger partial charge in [-0.15, -0.1) is 0 Å². The lowest BCUT2D eigenvalue weighted by atomic mass is 10.2. The Morgan fingerprint density at radius 3 is 2.94 bits per heavy atom. The van der Waals surface area contributed by atoms with Gasteiger partial charge in [-0.3, -0.25) is 10.3 Å². The summed E-state index contributed by atoms with van der Waals surface area (Å²) in [5.41, 5.74) is 3.09. The molecule has 0 saturated carbocycles. The molecule has 6 nitrogen and oxygen atoms in total. The van der Waals surface area contributed by atoms with Gasteiger partial charge in [0.15, 0.2) is 6.61 Å². The van der Waals surface area contributed by atoms with Gasteiger partial charge in [0, 0.05) is 6.07 Å². The smallest absolute Gasteiger partial charge is 0.332 e. The number of nitrogens with zero attached hydrogens (tertiary/aromatic N) is 1. The summed E-state index contributed by atoms with van der Waals surface area (Å²) in [6.07, 6.45) is 0. The van der Waals surface area contributed by atoms with Crippen LogP contribution in [0.1, 0.15) is 5.56 Å². The van der Waals surface area contributed by atoms with E-state index in [1.165, 1.54) is 7.11 Å². The minimum Gasteiger partial charge on any atom is -0.497 e. The number of methoxy groups -OCH3 is 1. The predicted octanol–water partition coefficient (Wildman–Crippen LogP) is 0.995. The van der Waals surface area contributed by atoms with Crippen LogP contribution in [-0.2, 0) is 9.63 Å². The molecule has 1 aromatic carbocycles. The largest absolute Gasteiger partial charge is 0.497 e. The van der Waals surface area contributed by atoms with Crippen molar-refractivity contribution in [2.75, 3.05) is 19.2 Å². The molecule has 0 radical (unpaired) electrons. The van der Waals surface area contributed by atoms with Crippen molar-refractivity contribution >= 4 is 11.7 Å². The van der Waals surface area contributed by atoms with Crippen LogP contribution in [0.4, 0.5) is 5.69 Å². The number of anilines is 1. The Labute approximate surface area is 92.0 Å². The summed E-state index contributed by atoms with van der Waals surface area (Å²) in [6.45, 7) is -0.498. The summed E-state index contributed by atoms with van der Waals surface area (Å²) in [6, 6.07) is 6.65. The summed E-state index contributed by atoms with van der Waals surface area (Å²) in [5, 5.41) is 17.2. The highest BCUT2D eigenvalue weighted by Crippen LogP contribution is 2.21. The standard InChI is InChI=1S/C10H10N2O4/c1-15-8-3-2-7(5-11)9(4-8)12-16-6-10(13)14/h2-4,12H,6H2,1H3,(H,13,14). The van der Waals surface area contributed by atoms with Crippen molar-refractivity contribution in [2.45, 2.75) is 0 Å². The van der Waals surface area contributed by atoms with Crippen LogP contribution < -0.4 is 10.2 Å². The van der Waals surface area contributed by atoms with Crippen LogP contribution in [0, 0.1) is 11.3 Å². The van der Waals surface area contributed by atoms with Gasteiger partial charge in [0.1, 0.15) is 11.8 Å². The van der Waals surface area contributed by atoms with Gasteiger partial charge in [-0.2, -0.15) is 5.26 Å². The quantitative estimate of drug-likeness (QED) is 0.722. The van der Waals surface area contributed by atoms with E-state index in [1.54, 1.807) is 18.2 Å². The van der Waals surface area contributed by atoms with Gasteiger partial charge in [0.25, 0.3) is 0 Å². The molecular weight excluding hydrogens is 212 g/mol. The number of ether oxygens (including phenoxy) is 1. The third-order valence-corrected chi connectivity index (χ3v) is 1.72. The van der Waals surface area contributed by atoms with Gasteiger partial charge < -0.3 is 9.84 Å². The van der Waals surface area contributed by atoms with Gasteiger partial charge >= 0.3 is 5.97 Å². The second-order valence-corrected chi connectivity index (χ2v) is 2.81. The molecule has 0 aliphatic carbocycles. The lowest BCUT2D eigenvalue weighted by molar-refractivity contribution is -0.141. The Hall–Kier alpha value is -2.26. The normalized spacial score (nSPS) is 9.25. The first-order valence-corrected chi connectivity index (χ1v) is 4.35. The summed E-state index contributed by atoms with van der Waals surface area (Å²) in [5.74, 6) is -0.561. The van der Waals surface area contributed by atoms with E-state index >= 15 is 0 Å². The third kappa shape index (κ3) is 3.15. The van der Waals surface area contributed by atoms with Crippen LogP contribution in [-0.4, -0.2) is 24.8 Å². The zero-order valence-corrected chi connectivity index (χ0v) is 8.56. The van der Waals surface area contributed by atoms with Crippen LogP contribution in [0.3, 0.4) is 0 Å². The zero-order valence-electron chi connectivity index (χ0n) is 8.56. The number of carboxylic acids is 1. The highest BCUT2D eigenvalue weighted by Gasteiger charge is 2.04. The third-order valence-electron chi connectivity index (χ3n) is 1.72. The van der Waals surface area contributed by atoms with Crippen molar-refractivity contribution in [2.24, 2.45) is 0 Å². The Bertz CT molecular complexity index is 425. The molecule has 1 aromatic rings. The van der Waals surface area contributed by atoms with Crippen molar-refractivity contribution in [1.82, 2.24) is 0 Å². The van der Waals surface area contributed by atoms with Gasteiger partial charge in [-0.05, 0) is 12.1 Å². The van der Waals surface area contributed by atoms with Gasteiger partial charge in [0.2, 0.25) is 0 Å². The lowest BCUT2D eigenvalue weighted by Crippen LogP contribution is -2.11. The monoisotopic (exact) mass is 222 g/mol. The minimum atomic E-state index is -1.10. The van der Waals surface area contributed by atoms with E-state index in [2.05, 4.69) is 10.3 Å². The van der Waals surface area contributed by atoms with E-state index in [-0.39, 0.29) is 0 Å². The predicted molar refractivity (Wildman–Crippen MR) is 54.9 cm³/mol. The molecule has 0 atom stereocenters. The fourth-order valence-electron chi connectivity index (χ4n) is 1.01. The number of aliphatic carboxylic acids is 1. The van der Waals surface area contributed by atoms with Crippen LogP contribution in [0.25, 0.3) is 0 Å². The Kier molecular flexibility index (Phi) is 4.12. The van der Waals surface area contributed by atoms with E-state index < -0.39 is 12.6 Å². The molecule has 0 aliphatic rings. The zero-order chi connectivity index (χ0) is 12.0. The first kappa shape index (κ1) is 11.8. The van der Waals surface area contributed by atoms with Crippen molar-refractivity contribution < 1.29 is 19.5 Å².